The normalized spacial score (nSPS) is 17.6. The third-order valence-corrected chi connectivity index (χ3v) is 5.69. The number of hydrogen-bond acceptors (Lipinski definition) is 4. The second-order valence-electron chi connectivity index (χ2n) is 5.50. The fraction of sp³-hybridized carbons (Fsp3) is 0.105. The van der Waals surface area contributed by atoms with Gasteiger partial charge in [0.15, 0.2) is 0 Å². The molecule has 0 amide bonds. The van der Waals surface area contributed by atoms with Gasteiger partial charge >= 0.3 is 0 Å². The molecule has 1 atom stereocenters. The van der Waals surface area contributed by atoms with Gasteiger partial charge in [-0.05, 0) is 59.3 Å². The second kappa shape index (κ2) is 6.71. The lowest BCUT2D eigenvalue weighted by Gasteiger charge is -2.22. The van der Waals surface area contributed by atoms with Gasteiger partial charge in [-0.3, -0.25) is 5.01 Å². The van der Waals surface area contributed by atoms with Crippen molar-refractivity contribution in [3.8, 4) is 0 Å². The highest BCUT2D eigenvalue weighted by molar-refractivity contribution is 7.10. The lowest BCUT2D eigenvalue weighted by atomic mass is 10.1. The fourth-order valence-corrected chi connectivity index (χ4v) is 4.16. The van der Waals surface area contributed by atoms with Crippen molar-refractivity contribution in [2.24, 2.45) is 5.10 Å². The molecule has 120 valence electrons. The molecule has 0 aliphatic carbocycles. The molecule has 4 rings (SSSR count). The van der Waals surface area contributed by atoms with E-state index in [2.05, 4.69) is 41.1 Å². The van der Waals surface area contributed by atoms with Crippen molar-refractivity contribution in [2.75, 3.05) is 5.01 Å². The Bertz CT molecular complexity index is 849. The highest BCUT2D eigenvalue weighted by Gasteiger charge is 2.28. The van der Waals surface area contributed by atoms with Gasteiger partial charge in [-0.15, -0.1) is 22.7 Å². The summed E-state index contributed by atoms with van der Waals surface area (Å²) in [5, 5.41) is 10.9. The Morgan fingerprint density at radius 2 is 1.79 bits per heavy atom. The number of nitrogens with zero attached hydrogens (tertiary/aromatic N) is 2. The first-order chi connectivity index (χ1) is 11.8. The van der Waals surface area contributed by atoms with Crippen LogP contribution in [0, 0.1) is 5.82 Å². The molecular weight excluding hydrogens is 339 g/mol. The number of rotatable bonds is 4. The summed E-state index contributed by atoms with van der Waals surface area (Å²) >= 11 is 3.44. The van der Waals surface area contributed by atoms with Crippen LogP contribution in [0.25, 0.3) is 6.08 Å². The van der Waals surface area contributed by atoms with Crippen molar-refractivity contribution >= 4 is 40.1 Å². The summed E-state index contributed by atoms with van der Waals surface area (Å²) in [7, 11) is 0. The van der Waals surface area contributed by atoms with Crippen molar-refractivity contribution in [2.45, 2.75) is 12.5 Å². The van der Waals surface area contributed by atoms with Crippen LogP contribution in [0.4, 0.5) is 10.1 Å². The molecule has 2 aromatic heterocycles. The smallest absolute Gasteiger partial charge is 0.123 e. The molecule has 0 spiro atoms. The van der Waals surface area contributed by atoms with E-state index in [0.717, 1.165) is 17.8 Å². The minimum Gasteiger partial charge on any atom is -0.257 e. The number of anilines is 1. The zero-order chi connectivity index (χ0) is 16.4. The van der Waals surface area contributed by atoms with Crippen LogP contribution in [0.15, 0.2) is 70.5 Å². The summed E-state index contributed by atoms with van der Waals surface area (Å²) in [5.41, 5.74) is 1.94. The van der Waals surface area contributed by atoms with E-state index < -0.39 is 0 Å². The minimum atomic E-state index is -0.229. The first kappa shape index (κ1) is 15.3. The van der Waals surface area contributed by atoms with E-state index in [1.165, 1.54) is 21.9 Å². The molecule has 3 aromatic rings. The van der Waals surface area contributed by atoms with Gasteiger partial charge in [0.1, 0.15) is 5.82 Å². The van der Waals surface area contributed by atoms with E-state index in [9.17, 15) is 4.39 Å². The van der Waals surface area contributed by atoms with Crippen molar-refractivity contribution < 1.29 is 4.39 Å². The summed E-state index contributed by atoms with van der Waals surface area (Å²) in [5.74, 6) is -0.229. The molecule has 24 heavy (non-hydrogen) atoms. The topological polar surface area (TPSA) is 15.6 Å². The predicted molar refractivity (Wildman–Crippen MR) is 101 cm³/mol. The van der Waals surface area contributed by atoms with E-state index >= 15 is 0 Å². The number of hydrogen-bond donors (Lipinski definition) is 0. The van der Waals surface area contributed by atoms with Gasteiger partial charge < -0.3 is 0 Å². The Morgan fingerprint density at radius 1 is 1.00 bits per heavy atom. The van der Waals surface area contributed by atoms with Crippen LogP contribution in [0.1, 0.15) is 22.2 Å². The van der Waals surface area contributed by atoms with E-state index in [0.29, 0.717) is 0 Å². The molecule has 1 aliphatic rings. The van der Waals surface area contributed by atoms with Gasteiger partial charge in [-0.1, -0.05) is 12.1 Å². The van der Waals surface area contributed by atoms with Gasteiger partial charge in [0.05, 0.1) is 17.4 Å². The maximum absolute atomic E-state index is 13.2. The molecule has 2 nitrogen and oxygen atoms in total. The highest BCUT2D eigenvalue weighted by Crippen LogP contribution is 2.37. The van der Waals surface area contributed by atoms with Gasteiger partial charge in [0.25, 0.3) is 0 Å². The number of benzene rings is 1. The van der Waals surface area contributed by atoms with Crippen LogP contribution in [-0.4, -0.2) is 5.71 Å². The molecule has 0 saturated heterocycles. The summed E-state index contributed by atoms with van der Waals surface area (Å²) < 4.78 is 13.2. The lowest BCUT2D eigenvalue weighted by molar-refractivity contribution is 0.626. The lowest BCUT2D eigenvalue weighted by Crippen LogP contribution is -2.17. The SMILES string of the molecule is Fc1ccc(N2N=C(/C=C/c3cccs3)CC2c2cccs2)cc1. The molecule has 0 fully saturated rings. The summed E-state index contributed by atoms with van der Waals surface area (Å²) in [6, 6.07) is 15.0. The van der Waals surface area contributed by atoms with Crippen LogP contribution in [0.2, 0.25) is 0 Å². The van der Waals surface area contributed by atoms with Crippen molar-refractivity contribution in [1.29, 1.82) is 0 Å². The van der Waals surface area contributed by atoms with E-state index in [1.54, 1.807) is 34.8 Å². The van der Waals surface area contributed by atoms with Crippen molar-refractivity contribution in [1.82, 2.24) is 0 Å². The maximum atomic E-state index is 13.2. The van der Waals surface area contributed by atoms with Crippen LogP contribution >= 0.6 is 22.7 Å². The largest absolute Gasteiger partial charge is 0.257 e. The summed E-state index contributed by atoms with van der Waals surface area (Å²) in [4.78, 5) is 2.48. The zero-order valence-corrected chi connectivity index (χ0v) is 14.4. The molecule has 0 bridgehead atoms. The molecule has 0 radical (unpaired) electrons. The molecular formula is C19H15FN2S2. The van der Waals surface area contributed by atoms with Gasteiger partial charge in [-0.25, -0.2) is 4.39 Å². The number of halogens is 1. The third kappa shape index (κ3) is 3.18. The van der Waals surface area contributed by atoms with Crippen molar-refractivity contribution in [3.05, 3.63) is 80.9 Å². The van der Waals surface area contributed by atoms with Crippen LogP contribution in [-0.2, 0) is 0 Å². The molecule has 1 aliphatic heterocycles. The minimum absolute atomic E-state index is 0.165. The first-order valence-electron chi connectivity index (χ1n) is 7.67. The highest BCUT2D eigenvalue weighted by atomic mass is 32.1. The van der Waals surface area contributed by atoms with Crippen LogP contribution in [0.3, 0.4) is 0 Å². The molecule has 5 heteroatoms. The number of thiophene rings is 2. The standard InChI is InChI=1S/C19H15FN2S2/c20-14-5-8-16(9-6-14)22-18(19-4-2-12-24-19)13-15(21-22)7-10-17-3-1-11-23-17/h1-12,18H,13H2/b10-7+. The molecule has 1 aromatic carbocycles. The first-order valence-corrected chi connectivity index (χ1v) is 9.43. The van der Waals surface area contributed by atoms with Crippen molar-refractivity contribution in [3.63, 3.8) is 0 Å². The Hall–Kier alpha value is -2.24. The Labute approximate surface area is 148 Å². The number of allylic oxidation sites excluding steroid dienone is 1. The van der Waals surface area contributed by atoms with E-state index in [-0.39, 0.29) is 11.9 Å². The second-order valence-corrected chi connectivity index (χ2v) is 7.45. The monoisotopic (exact) mass is 354 g/mol. The third-order valence-electron chi connectivity index (χ3n) is 3.88. The average Bonchev–Trinajstić information content (AvgIpc) is 3.34. The van der Waals surface area contributed by atoms with Gasteiger partial charge in [0.2, 0.25) is 0 Å². The van der Waals surface area contributed by atoms with Gasteiger partial charge in [0, 0.05) is 16.2 Å². The Morgan fingerprint density at radius 3 is 2.50 bits per heavy atom. The predicted octanol–water partition coefficient (Wildman–Crippen LogP) is 5.97. The molecule has 0 N–H and O–H groups in total. The van der Waals surface area contributed by atoms with Crippen LogP contribution in [0.5, 0.6) is 0 Å². The van der Waals surface area contributed by atoms with E-state index in [4.69, 9.17) is 5.10 Å². The summed E-state index contributed by atoms with van der Waals surface area (Å²) in [6.45, 7) is 0. The van der Waals surface area contributed by atoms with Crippen LogP contribution < -0.4 is 5.01 Å². The molecule has 0 saturated carbocycles. The zero-order valence-electron chi connectivity index (χ0n) is 12.8. The Kier molecular flexibility index (Phi) is 4.28. The quantitative estimate of drug-likeness (QED) is 0.563. The maximum Gasteiger partial charge on any atom is 0.123 e. The number of hydrazone groups is 1. The summed E-state index contributed by atoms with van der Waals surface area (Å²) in [6.07, 6.45) is 5.03. The van der Waals surface area contributed by atoms with Gasteiger partial charge in [-0.2, -0.15) is 5.10 Å². The average molecular weight is 354 g/mol. The molecule has 3 heterocycles. The Balaban J connectivity index is 1.64. The molecule has 1 unspecified atom stereocenters. The fourth-order valence-electron chi connectivity index (χ4n) is 2.73. The van der Waals surface area contributed by atoms with E-state index in [1.807, 2.05) is 11.1 Å².